The molecule has 19 heavy (non-hydrogen) atoms. The molecule has 0 aliphatic heterocycles. The average Bonchev–Trinajstić information content (AvgIpc) is 2.75. The van der Waals surface area contributed by atoms with Gasteiger partial charge in [0, 0.05) is 5.56 Å². The summed E-state index contributed by atoms with van der Waals surface area (Å²) in [6, 6.07) is 10.7. The van der Waals surface area contributed by atoms with E-state index < -0.39 is 0 Å². The zero-order valence-electron chi connectivity index (χ0n) is 11.9. The number of unbranched alkanes of at least 4 members (excludes halogenated alkanes) is 1. The minimum absolute atomic E-state index is 0.127. The lowest BCUT2D eigenvalue weighted by Gasteiger charge is -2.10. The number of alkyl halides is 1. The molecule has 0 bridgehead atoms. The highest BCUT2D eigenvalue weighted by atomic mass is 35.5. The summed E-state index contributed by atoms with van der Waals surface area (Å²) in [7, 11) is 0. The van der Waals surface area contributed by atoms with Crippen LogP contribution in [0.15, 0.2) is 34.7 Å². The molecule has 2 heteroatoms. The summed E-state index contributed by atoms with van der Waals surface area (Å²) >= 11 is 6.55. The van der Waals surface area contributed by atoms with Gasteiger partial charge in [0.25, 0.3) is 0 Å². The number of hydrogen-bond acceptors (Lipinski definition) is 1. The van der Waals surface area contributed by atoms with Gasteiger partial charge in [-0.15, -0.1) is 11.6 Å². The molecule has 0 radical (unpaired) electrons. The van der Waals surface area contributed by atoms with Crippen LogP contribution in [-0.4, -0.2) is 0 Å². The second-order valence-electron chi connectivity index (χ2n) is 5.08. The largest absolute Gasteiger partial charge is 0.466 e. The quantitative estimate of drug-likeness (QED) is 0.651. The molecule has 0 spiro atoms. The lowest BCUT2D eigenvalue weighted by atomic mass is 10.0. The smallest absolute Gasteiger partial charge is 0.106 e. The van der Waals surface area contributed by atoms with Crippen LogP contribution in [0.25, 0.3) is 0 Å². The van der Waals surface area contributed by atoms with E-state index in [1.54, 1.807) is 0 Å². The Morgan fingerprint density at radius 2 is 1.84 bits per heavy atom. The van der Waals surface area contributed by atoms with Crippen LogP contribution in [0.3, 0.4) is 0 Å². The van der Waals surface area contributed by atoms with Gasteiger partial charge < -0.3 is 4.42 Å². The number of benzene rings is 1. The van der Waals surface area contributed by atoms with Crippen molar-refractivity contribution in [3.63, 3.8) is 0 Å². The topological polar surface area (TPSA) is 13.1 Å². The first-order chi connectivity index (χ1) is 9.11. The summed E-state index contributed by atoms with van der Waals surface area (Å²) in [5.41, 5.74) is 3.58. The molecule has 1 aromatic carbocycles. The minimum Gasteiger partial charge on any atom is -0.466 e. The van der Waals surface area contributed by atoms with Crippen LogP contribution in [0.5, 0.6) is 0 Å². The Kier molecular flexibility index (Phi) is 4.71. The first kappa shape index (κ1) is 14.2. The molecular formula is C17H21ClO. The van der Waals surface area contributed by atoms with Gasteiger partial charge in [0.05, 0.1) is 5.38 Å². The number of aryl methyl sites for hydroxylation is 3. The fourth-order valence-electron chi connectivity index (χ4n) is 2.32. The fraction of sp³-hybridized carbons (Fsp3) is 0.412. The number of hydrogen-bond donors (Lipinski definition) is 0. The molecule has 0 N–H and O–H groups in total. The monoisotopic (exact) mass is 276 g/mol. The molecule has 0 aliphatic carbocycles. The van der Waals surface area contributed by atoms with Crippen LogP contribution < -0.4 is 0 Å². The van der Waals surface area contributed by atoms with Crippen molar-refractivity contribution in [3.8, 4) is 0 Å². The average molecular weight is 277 g/mol. The summed E-state index contributed by atoms with van der Waals surface area (Å²) in [4.78, 5) is 0. The predicted octanol–water partition coefficient (Wildman–Crippen LogP) is 5.57. The van der Waals surface area contributed by atoms with Gasteiger partial charge in [-0.25, -0.2) is 0 Å². The van der Waals surface area contributed by atoms with Gasteiger partial charge in [0.15, 0.2) is 0 Å². The minimum atomic E-state index is -0.127. The van der Waals surface area contributed by atoms with E-state index in [0.29, 0.717) is 0 Å². The van der Waals surface area contributed by atoms with E-state index in [1.165, 1.54) is 18.4 Å². The Hall–Kier alpha value is -1.21. The second kappa shape index (κ2) is 6.29. The van der Waals surface area contributed by atoms with E-state index in [4.69, 9.17) is 16.0 Å². The molecule has 102 valence electrons. The Bertz CT molecular complexity index is 525. The van der Waals surface area contributed by atoms with Crippen LogP contribution in [-0.2, 0) is 6.42 Å². The second-order valence-corrected chi connectivity index (χ2v) is 5.51. The summed E-state index contributed by atoms with van der Waals surface area (Å²) < 4.78 is 5.55. The summed E-state index contributed by atoms with van der Waals surface area (Å²) in [6.45, 7) is 6.13. The van der Waals surface area contributed by atoms with E-state index in [1.807, 2.05) is 19.9 Å². The van der Waals surface area contributed by atoms with Crippen LogP contribution in [0, 0.1) is 13.8 Å². The molecule has 0 saturated carbocycles. The fourth-order valence-corrected chi connectivity index (χ4v) is 2.68. The van der Waals surface area contributed by atoms with Crippen LogP contribution >= 0.6 is 11.6 Å². The lowest BCUT2D eigenvalue weighted by Crippen LogP contribution is -1.94. The van der Waals surface area contributed by atoms with Gasteiger partial charge in [0.2, 0.25) is 0 Å². The predicted molar refractivity (Wildman–Crippen MR) is 80.9 cm³/mol. The Morgan fingerprint density at radius 3 is 2.37 bits per heavy atom. The molecule has 1 nitrogen and oxygen atoms in total. The number of furan rings is 1. The van der Waals surface area contributed by atoms with Gasteiger partial charge in [-0.05, 0) is 43.9 Å². The van der Waals surface area contributed by atoms with Crippen molar-refractivity contribution in [2.75, 3.05) is 0 Å². The van der Waals surface area contributed by atoms with Gasteiger partial charge >= 0.3 is 0 Å². The third-order valence-electron chi connectivity index (χ3n) is 3.44. The molecule has 2 rings (SSSR count). The van der Waals surface area contributed by atoms with Crippen molar-refractivity contribution < 1.29 is 4.42 Å². The Morgan fingerprint density at radius 1 is 1.16 bits per heavy atom. The number of halogens is 1. The molecule has 1 unspecified atom stereocenters. The van der Waals surface area contributed by atoms with Gasteiger partial charge in [-0.3, -0.25) is 0 Å². The van der Waals surface area contributed by atoms with E-state index in [2.05, 4.69) is 31.2 Å². The van der Waals surface area contributed by atoms with Crippen molar-refractivity contribution in [2.45, 2.75) is 45.4 Å². The Labute approximate surface area is 120 Å². The van der Waals surface area contributed by atoms with E-state index in [9.17, 15) is 0 Å². The highest BCUT2D eigenvalue weighted by molar-refractivity contribution is 6.22. The Balaban J connectivity index is 2.15. The van der Waals surface area contributed by atoms with Gasteiger partial charge in [-0.1, -0.05) is 37.6 Å². The van der Waals surface area contributed by atoms with Crippen LogP contribution in [0.1, 0.15) is 53.4 Å². The van der Waals surface area contributed by atoms with Crippen molar-refractivity contribution in [1.29, 1.82) is 0 Å². The summed E-state index contributed by atoms with van der Waals surface area (Å²) in [5, 5.41) is -0.127. The molecule has 0 fully saturated rings. The standard InChI is InChI=1S/C17H21ClO/c1-4-5-6-14-7-9-15(10-8-14)17(18)16-11-12(2)19-13(16)3/h7-11,17H,4-6H2,1-3H3. The lowest BCUT2D eigenvalue weighted by molar-refractivity contribution is 0.501. The third kappa shape index (κ3) is 3.42. The molecule has 1 aromatic heterocycles. The highest BCUT2D eigenvalue weighted by Crippen LogP contribution is 2.32. The SMILES string of the molecule is CCCCc1ccc(C(Cl)c2cc(C)oc2C)cc1. The maximum absolute atomic E-state index is 6.55. The number of rotatable bonds is 5. The molecule has 0 saturated heterocycles. The highest BCUT2D eigenvalue weighted by Gasteiger charge is 2.16. The van der Waals surface area contributed by atoms with Crippen molar-refractivity contribution in [1.82, 2.24) is 0 Å². The maximum Gasteiger partial charge on any atom is 0.106 e. The van der Waals surface area contributed by atoms with Crippen LogP contribution in [0.2, 0.25) is 0 Å². The summed E-state index contributed by atoms with van der Waals surface area (Å²) in [5.74, 6) is 1.82. The van der Waals surface area contributed by atoms with Crippen molar-refractivity contribution >= 4 is 11.6 Å². The van der Waals surface area contributed by atoms with E-state index in [-0.39, 0.29) is 5.38 Å². The first-order valence-electron chi connectivity index (χ1n) is 6.91. The van der Waals surface area contributed by atoms with Crippen molar-refractivity contribution in [3.05, 3.63) is 58.5 Å². The van der Waals surface area contributed by atoms with Crippen LogP contribution in [0.4, 0.5) is 0 Å². The molecule has 1 heterocycles. The molecule has 1 atom stereocenters. The first-order valence-corrected chi connectivity index (χ1v) is 7.35. The zero-order chi connectivity index (χ0) is 13.8. The van der Waals surface area contributed by atoms with E-state index in [0.717, 1.165) is 29.1 Å². The summed E-state index contributed by atoms with van der Waals surface area (Å²) in [6.07, 6.45) is 3.62. The van der Waals surface area contributed by atoms with E-state index >= 15 is 0 Å². The van der Waals surface area contributed by atoms with Gasteiger partial charge in [0.1, 0.15) is 11.5 Å². The molecular weight excluding hydrogens is 256 g/mol. The maximum atomic E-state index is 6.55. The molecule has 2 aromatic rings. The normalized spacial score (nSPS) is 12.6. The van der Waals surface area contributed by atoms with Gasteiger partial charge in [-0.2, -0.15) is 0 Å². The molecule has 0 aliphatic rings. The third-order valence-corrected chi connectivity index (χ3v) is 3.93. The molecule has 0 amide bonds. The van der Waals surface area contributed by atoms with Crippen molar-refractivity contribution in [2.24, 2.45) is 0 Å². The zero-order valence-corrected chi connectivity index (χ0v) is 12.6.